The molecule has 1 saturated heterocycles. The minimum atomic E-state index is -3.81. The summed E-state index contributed by atoms with van der Waals surface area (Å²) in [5.74, 6) is 0.706. The average Bonchev–Trinajstić information content (AvgIpc) is 2.77. The number of amides is 1. The topological polar surface area (TPSA) is 94.2 Å². The van der Waals surface area contributed by atoms with Crippen molar-refractivity contribution in [2.45, 2.75) is 4.90 Å². The summed E-state index contributed by atoms with van der Waals surface area (Å²) in [6.07, 6.45) is 0. The van der Waals surface area contributed by atoms with Gasteiger partial charge < -0.3 is 19.1 Å². The van der Waals surface area contributed by atoms with Crippen molar-refractivity contribution in [3.05, 3.63) is 54.1 Å². The molecule has 3 rings (SSSR count). The molecule has 0 bridgehead atoms. The molecule has 0 aromatic heterocycles. The molecule has 0 atom stereocenters. The summed E-state index contributed by atoms with van der Waals surface area (Å²) in [7, 11) is -2.36. The van der Waals surface area contributed by atoms with Gasteiger partial charge in [0.15, 0.2) is 0 Å². The second kappa shape index (κ2) is 9.73. The Hall–Kier alpha value is -2.62. The maximum atomic E-state index is 12.8. The van der Waals surface area contributed by atoms with Crippen molar-refractivity contribution in [3.63, 3.8) is 0 Å². The number of ether oxygens (including phenoxy) is 3. The van der Waals surface area contributed by atoms with Gasteiger partial charge in [0.25, 0.3) is 5.91 Å². The Labute approximate surface area is 170 Å². The van der Waals surface area contributed by atoms with E-state index in [1.165, 1.54) is 25.3 Å². The van der Waals surface area contributed by atoms with Crippen LogP contribution in [0.1, 0.15) is 10.4 Å². The number of nitrogens with zero attached hydrogens (tertiary/aromatic N) is 1. The first-order chi connectivity index (χ1) is 14.0. The molecule has 1 fully saturated rings. The van der Waals surface area contributed by atoms with Gasteiger partial charge in [0.2, 0.25) is 10.0 Å². The summed E-state index contributed by atoms with van der Waals surface area (Å²) in [5.41, 5.74) is 0.206. The zero-order chi connectivity index (χ0) is 20.7. The van der Waals surface area contributed by atoms with Crippen LogP contribution < -0.4 is 14.2 Å². The number of hydrogen-bond acceptors (Lipinski definition) is 6. The van der Waals surface area contributed by atoms with Crippen molar-refractivity contribution in [2.24, 2.45) is 0 Å². The highest BCUT2D eigenvalue weighted by Gasteiger charge is 2.24. The highest BCUT2D eigenvalue weighted by atomic mass is 32.2. The van der Waals surface area contributed by atoms with E-state index in [0.717, 1.165) is 0 Å². The molecule has 2 aromatic carbocycles. The van der Waals surface area contributed by atoms with Gasteiger partial charge in [-0.25, -0.2) is 13.1 Å². The molecule has 0 radical (unpaired) electrons. The van der Waals surface area contributed by atoms with Crippen molar-refractivity contribution >= 4 is 15.9 Å². The van der Waals surface area contributed by atoms with Crippen LogP contribution in [-0.4, -0.2) is 65.8 Å². The SMILES string of the molecule is COc1ccc(S(=O)(=O)NCCOc2ccccc2)cc1C(=O)N1CCOCC1. The van der Waals surface area contributed by atoms with Gasteiger partial charge in [0, 0.05) is 19.6 Å². The third-order valence-corrected chi connectivity index (χ3v) is 5.87. The van der Waals surface area contributed by atoms with E-state index in [1.54, 1.807) is 17.0 Å². The van der Waals surface area contributed by atoms with Crippen LogP contribution in [0.2, 0.25) is 0 Å². The van der Waals surface area contributed by atoms with E-state index in [4.69, 9.17) is 14.2 Å². The fourth-order valence-corrected chi connectivity index (χ4v) is 3.94. The fraction of sp³-hybridized carbons (Fsp3) is 0.350. The molecule has 0 spiro atoms. The molecule has 1 aliphatic heterocycles. The number of para-hydroxylation sites is 1. The Morgan fingerprint density at radius 2 is 1.86 bits per heavy atom. The highest BCUT2D eigenvalue weighted by molar-refractivity contribution is 7.89. The van der Waals surface area contributed by atoms with Crippen LogP contribution in [0.5, 0.6) is 11.5 Å². The summed E-state index contributed by atoms with van der Waals surface area (Å²) in [5, 5.41) is 0. The number of sulfonamides is 1. The molecule has 0 unspecified atom stereocenters. The number of nitrogens with one attached hydrogen (secondary N) is 1. The summed E-state index contributed by atoms with van der Waals surface area (Å²) in [4.78, 5) is 14.4. The summed E-state index contributed by atoms with van der Waals surface area (Å²) >= 11 is 0. The lowest BCUT2D eigenvalue weighted by Crippen LogP contribution is -2.40. The van der Waals surface area contributed by atoms with Gasteiger partial charge in [-0.05, 0) is 30.3 Å². The van der Waals surface area contributed by atoms with Gasteiger partial charge in [0.05, 0.1) is 30.8 Å². The largest absolute Gasteiger partial charge is 0.496 e. The molecule has 2 aromatic rings. The normalized spacial score (nSPS) is 14.4. The first-order valence-corrected chi connectivity index (χ1v) is 10.7. The number of hydrogen-bond donors (Lipinski definition) is 1. The van der Waals surface area contributed by atoms with Crippen molar-refractivity contribution in [1.82, 2.24) is 9.62 Å². The first kappa shape index (κ1) is 21.1. The van der Waals surface area contributed by atoms with Crippen LogP contribution in [0.4, 0.5) is 0 Å². The number of methoxy groups -OCH3 is 1. The van der Waals surface area contributed by atoms with Crippen LogP contribution in [0.15, 0.2) is 53.4 Å². The highest BCUT2D eigenvalue weighted by Crippen LogP contribution is 2.24. The lowest BCUT2D eigenvalue weighted by Gasteiger charge is -2.27. The molecule has 1 aliphatic rings. The second-order valence-corrected chi connectivity index (χ2v) is 8.09. The smallest absolute Gasteiger partial charge is 0.257 e. The van der Waals surface area contributed by atoms with Crippen LogP contribution >= 0.6 is 0 Å². The fourth-order valence-electron chi connectivity index (χ4n) is 2.90. The third-order valence-electron chi connectivity index (χ3n) is 4.42. The molecule has 156 valence electrons. The average molecular weight is 420 g/mol. The van der Waals surface area contributed by atoms with Crippen molar-refractivity contribution in [3.8, 4) is 11.5 Å². The first-order valence-electron chi connectivity index (χ1n) is 9.24. The van der Waals surface area contributed by atoms with Gasteiger partial charge in [-0.1, -0.05) is 18.2 Å². The quantitative estimate of drug-likeness (QED) is 0.651. The van der Waals surface area contributed by atoms with E-state index in [9.17, 15) is 13.2 Å². The molecule has 1 N–H and O–H groups in total. The minimum Gasteiger partial charge on any atom is -0.496 e. The van der Waals surface area contributed by atoms with Crippen LogP contribution in [0.25, 0.3) is 0 Å². The van der Waals surface area contributed by atoms with Crippen molar-refractivity contribution in [1.29, 1.82) is 0 Å². The van der Waals surface area contributed by atoms with E-state index in [1.807, 2.05) is 18.2 Å². The van der Waals surface area contributed by atoms with Gasteiger partial charge in [-0.3, -0.25) is 4.79 Å². The zero-order valence-electron chi connectivity index (χ0n) is 16.2. The Morgan fingerprint density at radius 1 is 1.14 bits per heavy atom. The Morgan fingerprint density at radius 3 is 2.55 bits per heavy atom. The molecule has 9 heteroatoms. The van der Waals surface area contributed by atoms with Crippen LogP contribution in [0, 0.1) is 0 Å². The van der Waals surface area contributed by atoms with Gasteiger partial charge in [-0.2, -0.15) is 0 Å². The molecule has 0 saturated carbocycles. The maximum Gasteiger partial charge on any atom is 0.257 e. The van der Waals surface area contributed by atoms with Gasteiger partial charge in [0.1, 0.15) is 18.1 Å². The Kier molecular flexibility index (Phi) is 7.08. The number of carbonyl (C=O) groups is 1. The van der Waals surface area contributed by atoms with E-state index >= 15 is 0 Å². The predicted molar refractivity (Wildman–Crippen MR) is 107 cm³/mol. The lowest BCUT2D eigenvalue weighted by molar-refractivity contribution is 0.0300. The molecule has 0 aliphatic carbocycles. The van der Waals surface area contributed by atoms with Crippen LogP contribution in [0.3, 0.4) is 0 Å². The summed E-state index contributed by atoms with van der Waals surface area (Å²) in [6.45, 7) is 2.08. The molecule has 8 nitrogen and oxygen atoms in total. The van der Waals surface area contributed by atoms with E-state index in [-0.39, 0.29) is 29.5 Å². The van der Waals surface area contributed by atoms with E-state index in [0.29, 0.717) is 37.8 Å². The summed E-state index contributed by atoms with van der Waals surface area (Å²) < 4.78 is 43.8. The van der Waals surface area contributed by atoms with E-state index in [2.05, 4.69) is 4.72 Å². The molecule has 1 amide bonds. The number of morpholine rings is 1. The molecular weight excluding hydrogens is 396 g/mol. The Bertz CT molecular complexity index is 927. The zero-order valence-corrected chi connectivity index (χ0v) is 17.0. The summed E-state index contributed by atoms with van der Waals surface area (Å²) in [6, 6.07) is 13.4. The minimum absolute atomic E-state index is 0.00498. The van der Waals surface area contributed by atoms with Crippen molar-refractivity contribution in [2.75, 3.05) is 46.6 Å². The Balaban J connectivity index is 1.69. The maximum absolute atomic E-state index is 12.8. The molecular formula is C20H24N2O6S. The molecule has 29 heavy (non-hydrogen) atoms. The van der Waals surface area contributed by atoms with Gasteiger partial charge in [-0.15, -0.1) is 0 Å². The number of rotatable bonds is 8. The standard InChI is InChI=1S/C20H24N2O6S/c1-26-19-8-7-17(15-18(19)20(23)22-10-13-27-14-11-22)29(24,25)21-9-12-28-16-5-3-2-4-6-16/h2-8,15,21H,9-14H2,1H3. The second-order valence-electron chi connectivity index (χ2n) is 6.33. The van der Waals surface area contributed by atoms with E-state index < -0.39 is 10.0 Å². The number of carbonyl (C=O) groups excluding carboxylic acids is 1. The van der Waals surface area contributed by atoms with Crippen molar-refractivity contribution < 1.29 is 27.4 Å². The predicted octanol–water partition coefficient (Wildman–Crippen LogP) is 1.52. The third kappa shape index (κ3) is 5.47. The van der Waals surface area contributed by atoms with Gasteiger partial charge >= 0.3 is 0 Å². The molecule has 1 heterocycles. The lowest BCUT2D eigenvalue weighted by atomic mass is 10.1. The monoisotopic (exact) mass is 420 g/mol. The number of benzene rings is 2. The van der Waals surface area contributed by atoms with Crippen LogP contribution in [-0.2, 0) is 14.8 Å².